The summed E-state index contributed by atoms with van der Waals surface area (Å²) in [5, 5.41) is 2.63. The fourth-order valence-electron chi connectivity index (χ4n) is 2.64. The van der Waals surface area contributed by atoms with Crippen molar-refractivity contribution in [1.82, 2.24) is 5.32 Å². The van der Waals surface area contributed by atoms with Gasteiger partial charge in [-0.15, -0.1) is 0 Å². The van der Waals surface area contributed by atoms with Crippen LogP contribution in [0.5, 0.6) is 5.75 Å². The van der Waals surface area contributed by atoms with E-state index in [1.54, 1.807) is 38.1 Å². The molecule has 28 heavy (non-hydrogen) atoms. The number of benzene rings is 2. The number of methoxy groups -OCH3 is 1. The first-order valence-electron chi connectivity index (χ1n) is 9.03. The summed E-state index contributed by atoms with van der Waals surface area (Å²) in [5.41, 5.74) is 1.32. The van der Waals surface area contributed by atoms with Gasteiger partial charge in [-0.2, -0.15) is 0 Å². The summed E-state index contributed by atoms with van der Waals surface area (Å²) in [4.78, 5) is 12.4. The molecule has 0 fully saturated rings. The van der Waals surface area contributed by atoms with E-state index in [2.05, 4.69) is 5.32 Å². The van der Waals surface area contributed by atoms with Gasteiger partial charge < -0.3 is 23.8 Å². The van der Waals surface area contributed by atoms with E-state index in [9.17, 15) is 9.36 Å². The molecule has 1 N–H and O–H groups in total. The third-order valence-electron chi connectivity index (χ3n) is 3.84. The number of carbonyl (C=O) groups is 1. The fourth-order valence-corrected chi connectivity index (χ4v) is 4.55. The average molecular weight is 407 g/mol. The predicted molar refractivity (Wildman–Crippen MR) is 106 cm³/mol. The van der Waals surface area contributed by atoms with E-state index < -0.39 is 19.5 Å². The normalized spacial score (nSPS) is 12.2. The topological polar surface area (TPSA) is 83.1 Å². The van der Waals surface area contributed by atoms with Crippen LogP contribution >= 0.6 is 7.60 Å². The van der Waals surface area contributed by atoms with Crippen molar-refractivity contribution in [2.24, 2.45) is 0 Å². The molecule has 0 aliphatic heterocycles. The number of alkyl carbamates (subject to hydrolysis) is 1. The van der Waals surface area contributed by atoms with E-state index in [0.717, 1.165) is 5.56 Å². The van der Waals surface area contributed by atoms with Gasteiger partial charge in [0.15, 0.2) is 5.78 Å². The number of para-hydroxylation sites is 1. The van der Waals surface area contributed by atoms with E-state index in [1.807, 2.05) is 30.3 Å². The number of rotatable bonds is 10. The van der Waals surface area contributed by atoms with Gasteiger partial charge in [-0.3, -0.25) is 4.57 Å². The fraction of sp³-hybridized carbons (Fsp3) is 0.350. The molecule has 0 saturated carbocycles. The molecule has 1 amide bonds. The first-order valence-corrected chi connectivity index (χ1v) is 10.6. The number of carbonyl (C=O) groups excluding carboxylic acids is 1. The Bertz CT molecular complexity index is 788. The van der Waals surface area contributed by atoms with Crippen LogP contribution in [0.4, 0.5) is 4.79 Å². The summed E-state index contributed by atoms with van der Waals surface area (Å²) in [7, 11) is -2.24. The lowest BCUT2D eigenvalue weighted by Crippen LogP contribution is -2.30. The minimum atomic E-state index is -3.73. The summed E-state index contributed by atoms with van der Waals surface area (Å²) >= 11 is 0. The molecule has 0 spiro atoms. The van der Waals surface area contributed by atoms with E-state index in [0.29, 0.717) is 11.3 Å². The van der Waals surface area contributed by atoms with Crippen LogP contribution in [0, 0.1) is 0 Å². The molecule has 0 unspecified atom stereocenters. The van der Waals surface area contributed by atoms with Crippen LogP contribution in [0.1, 0.15) is 30.8 Å². The van der Waals surface area contributed by atoms with Gasteiger partial charge in [-0.25, -0.2) is 4.79 Å². The first-order chi connectivity index (χ1) is 13.5. The van der Waals surface area contributed by atoms with Crippen molar-refractivity contribution < 1.29 is 27.9 Å². The summed E-state index contributed by atoms with van der Waals surface area (Å²) < 4.78 is 35.0. The van der Waals surface area contributed by atoms with Gasteiger partial charge in [0.2, 0.25) is 0 Å². The second-order valence-electron chi connectivity index (χ2n) is 5.73. The maximum atomic E-state index is 13.4. The number of ether oxygens (including phenoxy) is 2. The average Bonchev–Trinajstić information content (AvgIpc) is 2.71. The lowest BCUT2D eigenvalue weighted by atomic mass is 10.2. The zero-order valence-corrected chi connectivity index (χ0v) is 17.2. The van der Waals surface area contributed by atoms with Gasteiger partial charge in [0.25, 0.3) is 0 Å². The van der Waals surface area contributed by atoms with E-state index in [1.165, 1.54) is 7.11 Å². The minimum absolute atomic E-state index is 0.0822. The van der Waals surface area contributed by atoms with Crippen molar-refractivity contribution in [2.45, 2.75) is 26.2 Å². The molecule has 0 aliphatic carbocycles. The van der Waals surface area contributed by atoms with Crippen molar-refractivity contribution in [1.29, 1.82) is 0 Å². The molecule has 2 rings (SSSR count). The zero-order chi connectivity index (χ0) is 20.4. The minimum Gasteiger partial charge on any atom is -0.496 e. The number of amides is 1. The van der Waals surface area contributed by atoms with E-state index in [4.69, 9.17) is 18.5 Å². The Kier molecular flexibility index (Phi) is 8.51. The standard InChI is InChI=1S/C20H26NO6P/c1-4-26-28(23,27-5-2)19(17-13-9-10-14-18(17)24-3)21-20(22)25-15-16-11-7-6-8-12-16/h6-14,19H,4-5,15H2,1-3H3,(H,21,22)/t19-/m0/s1. The molecule has 152 valence electrons. The van der Waals surface area contributed by atoms with Crippen molar-refractivity contribution in [3.05, 3.63) is 65.7 Å². The molecule has 0 aromatic heterocycles. The number of hydrogen-bond acceptors (Lipinski definition) is 6. The molecule has 0 saturated heterocycles. The van der Waals surface area contributed by atoms with Gasteiger partial charge in [-0.05, 0) is 25.5 Å². The summed E-state index contributed by atoms with van der Waals surface area (Å²) in [6.07, 6.45) is -0.737. The summed E-state index contributed by atoms with van der Waals surface area (Å²) in [6, 6.07) is 16.2. The smallest absolute Gasteiger partial charge is 0.408 e. The van der Waals surface area contributed by atoms with Gasteiger partial charge in [-0.1, -0.05) is 48.5 Å². The molecule has 0 bridgehead atoms. The highest BCUT2D eigenvalue weighted by atomic mass is 31.2. The second-order valence-corrected chi connectivity index (χ2v) is 7.84. The third kappa shape index (κ3) is 5.83. The number of hydrogen-bond donors (Lipinski definition) is 1. The molecule has 0 aliphatic rings. The SMILES string of the molecule is CCOP(=O)(OCC)[C@H](NC(=O)OCc1ccccc1)c1ccccc1OC. The molecule has 1 atom stereocenters. The molecule has 2 aromatic carbocycles. The number of nitrogens with one attached hydrogen (secondary N) is 1. The van der Waals surface area contributed by atoms with E-state index in [-0.39, 0.29) is 19.8 Å². The Hall–Kier alpha value is -2.34. The molecule has 8 heteroatoms. The zero-order valence-electron chi connectivity index (χ0n) is 16.3. The lowest BCUT2D eigenvalue weighted by molar-refractivity contribution is 0.134. The molecule has 0 radical (unpaired) electrons. The lowest BCUT2D eigenvalue weighted by Gasteiger charge is -2.28. The van der Waals surface area contributed by atoms with Crippen LogP contribution in [-0.2, 0) is 25.0 Å². The summed E-state index contributed by atoms with van der Waals surface area (Å²) in [5.74, 6) is -0.623. The Morgan fingerprint density at radius 3 is 2.21 bits per heavy atom. The molecular weight excluding hydrogens is 381 g/mol. The molecule has 2 aromatic rings. The molecule has 7 nitrogen and oxygen atoms in total. The van der Waals surface area contributed by atoms with Crippen LogP contribution in [0.3, 0.4) is 0 Å². The van der Waals surface area contributed by atoms with Crippen LogP contribution in [0.25, 0.3) is 0 Å². The molecule has 0 heterocycles. The van der Waals surface area contributed by atoms with Gasteiger partial charge >= 0.3 is 13.7 Å². The van der Waals surface area contributed by atoms with Gasteiger partial charge in [0.1, 0.15) is 12.4 Å². The van der Waals surface area contributed by atoms with Crippen molar-refractivity contribution in [2.75, 3.05) is 20.3 Å². The van der Waals surface area contributed by atoms with Crippen LogP contribution in [0.2, 0.25) is 0 Å². The molecular formula is C20H26NO6P. The Morgan fingerprint density at radius 2 is 1.61 bits per heavy atom. The van der Waals surface area contributed by atoms with Crippen molar-refractivity contribution >= 4 is 13.7 Å². The quantitative estimate of drug-likeness (QED) is 0.565. The Balaban J connectivity index is 2.27. The van der Waals surface area contributed by atoms with Crippen LogP contribution in [-0.4, -0.2) is 26.4 Å². The predicted octanol–water partition coefficient (Wildman–Crippen LogP) is 4.89. The van der Waals surface area contributed by atoms with Crippen LogP contribution < -0.4 is 10.1 Å². The third-order valence-corrected chi connectivity index (χ3v) is 6.11. The maximum absolute atomic E-state index is 13.4. The summed E-state index contributed by atoms with van der Waals surface area (Å²) in [6.45, 7) is 3.81. The monoisotopic (exact) mass is 407 g/mol. The Labute approximate surface area is 165 Å². The second kappa shape index (κ2) is 10.9. The highest BCUT2D eigenvalue weighted by Crippen LogP contribution is 2.60. The Morgan fingerprint density at radius 1 is 1.00 bits per heavy atom. The van der Waals surface area contributed by atoms with Gasteiger partial charge in [0, 0.05) is 5.56 Å². The van der Waals surface area contributed by atoms with Crippen molar-refractivity contribution in [3.63, 3.8) is 0 Å². The van der Waals surface area contributed by atoms with E-state index >= 15 is 0 Å². The largest absolute Gasteiger partial charge is 0.496 e. The highest BCUT2D eigenvalue weighted by Gasteiger charge is 2.40. The van der Waals surface area contributed by atoms with Crippen molar-refractivity contribution in [3.8, 4) is 5.75 Å². The van der Waals surface area contributed by atoms with Crippen LogP contribution in [0.15, 0.2) is 54.6 Å². The highest BCUT2D eigenvalue weighted by molar-refractivity contribution is 7.54. The first kappa shape index (κ1) is 22.0. The maximum Gasteiger partial charge on any atom is 0.408 e. The van der Waals surface area contributed by atoms with Gasteiger partial charge in [0.05, 0.1) is 20.3 Å².